The summed E-state index contributed by atoms with van der Waals surface area (Å²) in [5.41, 5.74) is 0. The molecule has 0 atom stereocenters. The molecule has 0 radical (unpaired) electrons. The highest BCUT2D eigenvalue weighted by Gasteiger charge is 2.04. The molecule has 3 nitrogen and oxygen atoms in total. The lowest BCUT2D eigenvalue weighted by atomic mass is 10.4. The molecule has 0 unspecified atom stereocenters. The fourth-order valence-electron chi connectivity index (χ4n) is 0.848. The van der Waals surface area contributed by atoms with E-state index in [2.05, 4.69) is 10.9 Å². The molecule has 0 aliphatic rings. The summed E-state index contributed by atoms with van der Waals surface area (Å²) >= 11 is 0. The summed E-state index contributed by atoms with van der Waals surface area (Å²) in [4.78, 5) is 14.7. The van der Waals surface area contributed by atoms with Crippen molar-refractivity contribution >= 4 is 5.78 Å². The zero-order chi connectivity index (χ0) is 8.27. The van der Waals surface area contributed by atoms with Gasteiger partial charge in [0.15, 0.2) is 11.6 Å². The lowest BCUT2D eigenvalue weighted by Crippen LogP contribution is -2.05. The molecule has 0 spiro atoms. The number of rotatable bonds is 2. The van der Waals surface area contributed by atoms with Crippen molar-refractivity contribution in [1.82, 2.24) is 9.55 Å². The van der Waals surface area contributed by atoms with Gasteiger partial charge in [-0.25, -0.2) is 4.98 Å². The number of nitrogens with zero attached hydrogens (tertiary/aromatic N) is 2. The number of hydrogen-bond acceptors (Lipinski definition) is 2. The van der Waals surface area contributed by atoms with Crippen LogP contribution in [0.25, 0.3) is 0 Å². The second-order valence-corrected chi connectivity index (χ2v) is 2.14. The minimum Gasteiger partial charge on any atom is -0.317 e. The van der Waals surface area contributed by atoms with E-state index in [-0.39, 0.29) is 5.78 Å². The summed E-state index contributed by atoms with van der Waals surface area (Å²) in [7, 11) is 0. The Labute approximate surface area is 65.1 Å². The van der Waals surface area contributed by atoms with Crippen molar-refractivity contribution < 1.29 is 4.79 Å². The average Bonchev–Trinajstić information content (AvgIpc) is 2.36. The maximum atomic E-state index is 10.9. The Morgan fingerprint density at radius 2 is 2.64 bits per heavy atom. The molecule has 3 heteroatoms. The molecule has 0 fully saturated rings. The molecule has 0 aromatic carbocycles. The Bertz CT molecular complexity index is 306. The summed E-state index contributed by atoms with van der Waals surface area (Å²) in [6.45, 7) is 1.87. The van der Waals surface area contributed by atoms with Crippen LogP contribution in [0, 0.1) is 12.3 Å². The van der Waals surface area contributed by atoms with E-state index in [1.807, 2.05) is 0 Å². The lowest BCUT2D eigenvalue weighted by Gasteiger charge is -1.97. The van der Waals surface area contributed by atoms with Gasteiger partial charge in [0.25, 0.3) is 0 Å². The largest absolute Gasteiger partial charge is 0.317 e. The predicted octanol–water partition coefficient (Wildman–Crippen LogP) is 0.719. The van der Waals surface area contributed by atoms with Crippen LogP contribution >= 0.6 is 0 Å². The molecule has 0 saturated carbocycles. The molecule has 0 saturated heterocycles. The second kappa shape index (κ2) is 3.02. The molecule has 56 valence electrons. The van der Waals surface area contributed by atoms with Crippen LogP contribution in [0.15, 0.2) is 12.4 Å². The SMILES string of the molecule is C#CCn1ccnc1C(C)=O. The highest BCUT2D eigenvalue weighted by molar-refractivity contribution is 5.90. The van der Waals surface area contributed by atoms with Gasteiger partial charge in [-0.2, -0.15) is 0 Å². The van der Waals surface area contributed by atoms with Gasteiger partial charge in [-0.05, 0) is 0 Å². The van der Waals surface area contributed by atoms with Crippen LogP contribution in [0.1, 0.15) is 17.5 Å². The maximum Gasteiger partial charge on any atom is 0.195 e. The van der Waals surface area contributed by atoms with E-state index in [1.165, 1.54) is 6.92 Å². The quantitative estimate of drug-likeness (QED) is 0.457. The van der Waals surface area contributed by atoms with E-state index >= 15 is 0 Å². The van der Waals surface area contributed by atoms with Crippen LogP contribution in [-0.4, -0.2) is 15.3 Å². The first-order valence-electron chi connectivity index (χ1n) is 3.21. The van der Waals surface area contributed by atoms with Crippen molar-refractivity contribution in [1.29, 1.82) is 0 Å². The normalized spacial score (nSPS) is 9.09. The number of ketones is 1. The minimum absolute atomic E-state index is 0.0646. The number of carbonyl (C=O) groups is 1. The highest BCUT2D eigenvalue weighted by Crippen LogP contribution is 1.97. The fourth-order valence-corrected chi connectivity index (χ4v) is 0.848. The Hall–Kier alpha value is -1.56. The van der Waals surface area contributed by atoms with E-state index in [1.54, 1.807) is 17.0 Å². The molecule has 1 aromatic rings. The Kier molecular flexibility index (Phi) is 2.07. The number of imidazole rings is 1. The first-order valence-corrected chi connectivity index (χ1v) is 3.21. The van der Waals surface area contributed by atoms with Crippen molar-refractivity contribution in [2.45, 2.75) is 13.5 Å². The topological polar surface area (TPSA) is 34.9 Å². The zero-order valence-electron chi connectivity index (χ0n) is 6.24. The van der Waals surface area contributed by atoms with Gasteiger partial charge in [-0.15, -0.1) is 6.42 Å². The molecule has 1 rings (SSSR count). The van der Waals surface area contributed by atoms with Crippen LogP contribution in [0.3, 0.4) is 0 Å². The van der Waals surface area contributed by atoms with Gasteiger partial charge in [-0.3, -0.25) is 4.79 Å². The van der Waals surface area contributed by atoms with Gasteiger partial charge in [0.1, 0.15) is 0 Å². The second-order valence-electron chi connectivity index (χ2n) is 2.14. The van der Waals surface area contributed by atoms with Crippen LogP contribution in [0.4, 0.5) is 0 Å². The molecule has 0 amide bonds. The standard InChI is InChI=1S/C8H8N2O/c1-3-5-10-6-4-9-8(10)7(2)11/h1,4,6H,5H2,2H3. The van der Waals surface area contributed by atoms with Gasteiger partial charge < -0.3 is 4.57 Å². The summed E-state index contributed by atoms with van der Waals surface area (Å²) in [6.07, 6.45) is 8.33. The molecule has 0 aliphatic carbocycles. The number of carbonyl (C=O) groups excluding carboxylic acids is 1. The van der Waals surface area contributed by atoms with Crippen LogP contribution in [-0.2, 0) is 6.54 Å². The molecule has 1 heterocycles. The predicted molar refractivity (Wildman–Crippen MR) is 41.1 cm³/mol. The average molecular weight is 148 g/mol. The van der Waals surface area contributed by atoms with Crippen molar-refractivity contribution in [3.8, 4) is 12.3 Å². The summed E-state index contributed by atoms with van der Waals surface area (Å²) < 4.78 is 1.64. The maximum absolute atomic E-state index is 10.9. The summed E-state index contributed by atoms with van der Waals surface area (Å²) in [5.74, 6) is 2.79. The number of aromatic nitrogens is 2. The van der Waals surface area contributed by atoms with E-state index in [9.17, 15) is 4.79 Å². The van der Waals surface area contributed by atoms with E-state index in [0.717, 1.165) is 0 Å². The smallest absolute Gasteiger partial charge is 0.195 e. The third-order valence-electron chi connectivity index (χ3n) is 1.29. The number of terminal acetylenes is 1. The van der Waals surface area contributed by atoms with Crippen molar-refractivity contribution in [3.05, 3.63) is 18.2 Å². The van der Waals surface area contributed by atoms with Gasteiger partial charge >= 0.3 is 0 Å². The molecule has 11 heavy (non-hydrogen) atoms. The third kappa shape index (κ3) is 1.47. The van der Waals surface area contributed by atoms with Crippen molar-refractivity contribution in [2.75, 3.05) is 0 Å². The zero-order valence-corrected chi connectivity index (χ0v) is 6.24. The van der Waals surface area contributed by atoms with Gasteiger partial charge in [0, 0.05) is 19.3 Å². The van der Waals surface area contributed by atoms with Crippen LogP contribution in [0.2, 0.25) is 0 Å². The molecular formula is C8H8N2O. The van der Waals surface area contributed by atoms with E-state index in [0.29, 0.717) is 12.4 Å². The highest BCUT2D eigenvalue weighted by atomic mass is 16.1. The molecular weight excluding hydrogens is 140 g/mol. The van der Waals surface area contributed by atoms with Gasteiger partial charge in [0.05, 0.1) is 6.54 Å². The Balaban J connectivity index is 2.98. The summed E-state index contributed by atoms with van der Waals surface area (Å²) in [5, 5.41) is 0. The summed E-state index contributed by atoms with van der Waals surface area (Å²) in [6, 6.07) is 0. The third-order valence-corrected chi connectivity index (χ3v) is 1.29. The number of Topliss-reactive ketones (excluding diaryl/α,β-unsaturated/α-hetero) is 1. The Morgan fingerprint density at radius 3 is 3.18 bits per heavy atom. The van der Waals surface area contributed by atoms with Gasteiger partial charge in [-0.1, -0.05) is 5.92 Å². The lowest BCUT2D eigenvalue weighted by molar-refractivity contribution is 0.1000. The molecule has 0 N–H and O–H groups in total. The first-order chi connectivity index (χ1) is 5.25. The molecule has 0 bridgehead atoms. The Morgan fingerprint density at radius 1 is 1.91 bits per heavy atom. The van der Waals surface area contributed by atoms with E-state index in [4.69, 9.17) is 6.42 Å². The van der Waals surface area contributed by atoms with Gasteiger partial charge in [0.2, 0.25) is 0 Å². The molecule has 1 aromatic heterocycles. The van der Waals surface area contributed by atoms with E-state index < -0.39 is 0 Å². The van der Waals surface area contributed by atoms with Crippen LogP contribution < -0.4 is 0 Å². The molecule has 0 aliphatic heterocycles. The van der Waals surface area contributed by atoms with Crippen molar-refractivity contribution in [3.63, 3.8) is 0 Å². The fraction of sp³-hybridized carbons (Fsp3) is 0.250. The minimum atomic E-state index is -0.0646. The number of hydrogen-bond donors (Lipinski definition) is 0. The van der Waals surface area contributed by atoms with Crippen molar-refractivity contribution in [2.24, 2.45) is 0 Å². The monoisotopic (exact) mass is 148 g/mol. The van der Waals surface area contributed by atoms with Crippen LogP contribution in [0.5, 0.6) is 0 Å². The first kappa shape index (κ1) is 7.55.